The minimum Gasteiger partial charge on any atom is -0.872 e. The molecule has 1 aliphatic heterocycles. The molecule has 1 aliphatic rings. The van der Waals surface area contributed by atoms with Crippen LogP contribution < -0.4 is 15.7 Å². The topological polar surface area (TPSA) is 124 Å². The number of amides is 2. The van der Waals surface area contributed by atoms with Crippen molar-refractivity contribution in [3.8, 4) is 5.75 Å². The molecule has 0 bridgehead atoms. The Kier molecular flexibility index (Phi) is 3.62. The molecule has 8 heteroatoms. The van der Waals surface area contributed by atoms with E-state index < -0.39 is 22.7 Å². The number of hydrogen-bond donors (Lipinski definition) is 2. The first-order valence-electron chi connectivity index (χ1n) is 6.06. The Balaban J connectivity index is 2.60. The van der Waals surface area contributed by atoms with Crippen LogP contribution in [0.5, 0.6) is 5.75 Å². The molecule has 0 aliphatic carbocycles. The van der Waals surface area contributed by atoms with Gasteiger partial charge in [-0.25, -0.2) is 4.79 Å². The van der Waals surface area contributed by atoms with E-state index in [4.69, 9.17) is 0 Å². The largest absolute Gasteiger partial charge is 0.872 e. The van der Waals surface area contributed by atoms with E-state index in [-0.39, 0.29) is 22.6 Å². The second-order valence-corrected chi connectivity index (χ2v) is 4.61. The summed E-state index contributed by atoms with van der Waals surface area (Å²) < 4.78 is 0. The number of nitrogens with zero attached hydrogens (tertiary/aromatic N) is 1. The molecule has 21 heavy (non-hydrogen) atoms. The summed E-state index contributed by atoms with van der Waals surface area (Å²) in [6, 6.07) is 1.64. The van der Waals surface area contributed by atoms with E-state index in [1.54, 1.807) is 0 Å². The van der Waals surface area contributed by atoms with Gasteiger partial charge >= 0.3 is 6.03 Å². The summed E-state index contributed by atoms with van der Waals surface area (Å²) in [4.78, 5) is 33.5. The molecule has 2 N–H and O–H groups in total. The molecule has 1 atom stereocenters. The van der Waals surface area contributed by atoms with Gasteiger partial charge < -0.3 is 15.7 Å². The van der Waals surface area contributed by atoms with Crippen LogP contribution in [0.2, 0.25) is 0 Å². The molecular formula is C13H12N3O5-. The van der Waals surface area contributed by atoms with Gasteiger partial charge in [-0.2, -0.15) is 0 Å². The number of allylic oxidation sites excluding steroid dienone is 1. The molecule has 0 saturated carbocycles. The van der Waals surface area contributed by atoms with Crippen LogP contribution in [-0.4, -0.2) is 16.7 Å². The highest BCUT2D eigenvalue weighted by Crippen LogP contribution is 2.33. The van der Waals surface area contributed by atoms with Gasteiger partial charge in [0.15, 0.2) is 5.78 Å². The Morgan fingerprint density at radius 3 is 2.62 bits per heavy atom. The van der Waals surface area contributed by atoms with E-state index in [9.17, 15) is 24.8 Å². The van der Waals surface area contributed by atoms with Gasteiger partial charge in [0.1, 0.15) is 0 Å². The van der Waals surface area contributed by atoms with Crippen molar-refractivity contribution in [1.82, 2.24) is 10.6 Å². The highest BCUT2D eigenvalue weighted by atomic mass is 16.6. The lowest BCUT2D eigenvalue weighted by Crippen LogP contribution is -2.45. The number of hydrogen-bond acceptors (Lipinski definition) is 5. The van der Waals surface area contributed by atoms with Crippen LogP contribution in [-0.2, 0) is 4.79 Å². The van der Waals surface area contributed by atoms with Crippen molar-refractivity contribution in [2.45, 2.75) is 19.9 Å². The Hall–Kier alpha value is -2.90. The zero-order valence-corrected chi connectivity index (χ0v) is 11.3. The zero-order chi connectivity index (χ0) is 15.7. The fourth-order valence-corrected chi connectivity index (χ4v) is 2.27. The molecule has 0 spiro atoms. The van der Waals surface area contributed by atoms with E-state index in [0.29, 0.717) is 5.70 Å². The first-order valence-corrected chi connectivity index (χ1v) is 6.06. The van der Waals surface area contributed by atoms with E-state index in [0.717, 1.165) is 18.2 Å². The molecule has 1 aromatic rings. The minimum atomic E-state index is -0.997. The fraction of sp³-hybridized carbons (Fsp3) is 0.231. The summed E-state index contributed by atoms with van der Waals surface area (Å²) in [7, 11) is 0. The molecule has 1 aromatic carbocycles. The van der Waals surface area contributed by atoms with Crippen LogP contribution in [0.15, 0.2) is 29.5 Å². The quantitative estimate of drug-likeness (QED) is 0.631. The maximum Gasteiger partial charge on any atom is 0.319 e. The van der Waals surface area contributed by atoms with Crippen LogP contribution in [0, 0.1) is 10.1 Å². The highest BCUT2D eigenvalue weighted by molar-refractivity contribution is 5.98. The average Bonchev–Trinajstić information content (AvgIpc) is 2.37. The lowest BCUT2D eigenvalue weighted by Gasteiger charge is -2.30. The normalized spacial score (nSPS) is 18.0. The molecule has 2 rings (SSSR count). The number of carbonyl (C=O) groups is 2. The number of urea groups is 1. The predicted octanol–water partition coefficient (Wildman–Crippen LogP) is 0.885. The van der Waals surface area contributed by atoms with Crippen LogP contribution in [0.3, 0.4) is 0 Å². The number of non-ortho nitro benzene ring substituents is 1. The number of ketones is 1. The standard InChI is InChI=1S/C13H13N3O5/c1-6-11(7(2)17)12(15-13(19)14-6)9-5-8(16(20)21)3-4-10(9)18/h3-5,12,18H,1-2H3,(H2,14,15,19)/p-1/t12-/m1/s1. The third-order valence-electron chi connectivity index (χ3n) is 3.16. The number of rotatable bonds is 3. The van der Waals surface area contributed by atoms with E-state index >= 15 is 0 Å². The lowest BCUT2D eigenvalue weighted by atomic mass is 9.92. The molecule has 0 aromatic heterocycles. The molecule has 2 amide bonds. The highest BCUT2D eigenvalue weighted by Gasteiger charge is 2.30. The van der Waals surface area contributed by atoms with Crippen molar-refractivity contribution >= 4 is 17.5 Å². The van der Waals surface area contributed by atoms with Gasteiger partial charge in [0.2, 0.25) is 0 Å². The van der Waals surface area contributed by atoms with Gasteiger partial charge in [0.05, 0.1) is 11.0 Å². The number of nitro groups is 1. The number of carbonyl (C=O) groups excluding carboxylic acids is 2. The van der Waals surface area contributed by atoms with Crippen LogP contribution in [0.25, 0.3) is 0 Å². The molecule has 0 unspecified atom stereocenters. The average molecular weight is 290 g/mol. The predicted molar refractivity (Wildman–Crippen MR) is 70.3 cm³/mol. The maximum atomic E-state index is 11.9. The van der Waals surface area contributed by atoms with E-state index in [1.165, 1.54) is 13.8 Å². The van der Waals surface area contributed by atoms with Crippen molar-refractivity contribution in [3.63, 3.8) is 0 Å². The molecule has 110 valence electrons. The summed E-state index contributed by atoms with van der Waals surface area (Å²) in [5, 5.41) is 27.7. The van der Waals surface area contributed by atoms with Gasteiger partial charge in [0, 0.05) is 23.4 Å². The fourth-order valence-electron chi connectivity index (χ4n) is 2.27. The second-order valence-electron chi connectivity index (χ2n) is 4.61. The summed E-state index contributed by atoms with van der Waals surface area (Å²) >= 11 is 0. The first-order chi connectivity index (χ1) is 9.81. The maximum absolute atomic E-state index is 11.9. The van der Waals surface area contributed by atoms with Crippen molar-refractivity contribution in [3.05, 3.63) is 45.1 Å². The lowest BCUT2D eigenvalue weighted by molar-refractivity contribution is -0.385. The zero-order valence-electron chi connectivity index (χ0n) is 11.3. The van der Waals surface area contributed by atoms with E-state index in [1.807, 2.05) is 0 Å². The Morgan fingerprint density at radius 2 is 2.05 bits per heavy atom. The summed E-state index contributed by atoms with van der Waals surface area (Å²) in [6.45, 7) is 2.83. The Morgan fingerprint density at radius 1 is 1.38 bits per heavy atom. The van der Waals surface area contributed by atoms with Gasteiger partial charge in [-0.05, 0) is 19.4 Å². The van der Waals surface area contributed by atoms with Crippen molar-refractivity contribution in [2.75, 3.05) is 0 Å². The summed E-state index contributed by atoms with van der Waals surface area (Å²) in [6.07, 6.45) is 0. The number of nitrogens with one attached hydrogen (secondary N) is 2. The minimum absolute atomic E-state index is 0.0106. The Labute approximate surface area is 119 Å². The number of benzene rings is 1. The number of Topliss-reactive ketones (excluding diaryl/α,β-unsaturated/α-hetero) is 1. The van der Waals surface area contributed by atoms with Gasteiger partial charge in [0.25, 0.3) is 5.69 Å². The SMILES string of the molecule is CC(=O)C1=C(C)NC(=O)N[C@@H]1c1cc([N+](=O)[O-])ccc1[O-]. The van der Waals surface area contributed by atoms with Crippen molar-refractivity contribution in [1.29, 1.82) is 0 Å². The molecule has 8 nitrogen and oxygen atoms in total. The van der Waals surface area contributed by atoms with E-state index in [2.05, 4.69) is 10.6 Å². The van der Waals surface area contributed by atoms with Crippen LogP contribution >= 0.6 is 0 Å². The third-order valence-corrected chi connectivity index (χ3v) is 3.16. The number of nitro benzene ring substituents is 1. The van der Waals surface area contributed by atoms with Crippen LogP contribution in [0.1, 0.15) is 25.5 Å². The molecule has 0 fully saturated rings. The van der Waals surface area contributed by atoms with Crippen molar-refractivity contribution in [2.24, 2.45) is 0 Å². The summed E-state index contributed by atoms with van der Waals surface area (Å²) in [5.74, 6) is -0.824. The third kappa shape index (κ3) is 2.69. The van der Waals surface area contributed by atoms with Gasteiger partial charge in [-0.1, -0.05) is 6.07 Å². The van der Waals surface area contributed by atoms with Crippen LogP contribution in [0.4, 0.5) is 10.5 Å². The van der Waals surface area contributed by atoms with Crippen molar-refractivity contribution < 1.29 is 19.6 Å². The van der Waals surface area contributed by atoms with Gasteiger partial charge in [-0.15, -0.1) is 5.75 Å². The molecule has 1 heterocycles. The molecule has 0 saturated heterocycles. The van der Waals surface area contributed by atoms with Gasteiger partial charge in [-0.3, -0.25) is 14.9 Å². The first kappa shape index (κ1) is 14.5. The molecular weight excluding hydrogens is 278 g/mol. The second kappa shape index (κ2) is 5.23. The smallest absolute Gasteiger partial charge is 0.319 e. The summed E-state index contributed by atoms with van der Waals surface area (Å²) in [5.41, 5.74) is 0.232. The Bertz CT molecular complexity index is 680. The monoisotopic (exact) mass is 290 g/mol. The molecule has 0 radical (unpaired) electrons.